The topological polar surface area (TPSA) is 72.5 Å². The number of ether oxygens (including phenoxy) is 2. The number of amides is 1. The number of hydrogen-bond donors (Lipinski definition) is 2. The number of nitrogens with one attached hydrogen (secondary N) is 2. The van der Waals surface area contributed by atoms with Crippen LogP contribution in [0.1, 0.15) is 6.92 Å². The van der Waals surface area contributed by atoms with E-state index in [0.29, 0.717) is 29.1 Å². The van der Waals surface area contributed by atoms with Crippen molar-refractivity contribution in [2.45, 2.75) is 19.1 Å². The molecular weight excluding hydrogens is 350 g/mol. The molecule has 0 aliphatic carbocycles. The smallest absolute Gasteiger partial charge is 0.245 e. The van der Waals surface area contributed by atoms with Gasteiger partial charge in [-0.05, 0) is 25.1 Å². The predicted molar refractivity (Wildman–Crippen MR) is 94.9 cm³/mol. The van der Waals surface area contributed by atoms with Crippen LogP contribution in [0, 0.1) is 0 Å². The Morgan fingerprint density at radius 1 is 1.54 bits per heavy atom. The molecule has 2 heterocycles. The summed E-state index contributed by atoms with van der Waals surface area (Å²) in [6.45, 7) is 3.16. The molecule has 3 rings (SSSR count). The Labute approximate surface area is 149 Å². The first-order valence-corrected chi connectivity index (χ1v) is 8.79. The number of morpholine rings is 1. The van der Waals surface area contributed by atoms with E-state index in [4.69, 9.17) is 21.1 Å². The van der Waals surface area contributed by atoms with Gasteiger partial charge in [-0.15, -0.1) is 11.3 Å². The minimum atomic E-state index is -0.374. The van der Waals surface area contributed by atoms with Gasteiger partial charge in [0.1, 0.15) is 11.8 Å². The van der Waals surface area contributed by atoms with Gasteiger partial charge in [0.15, 0.2) is 5.13 Å². The van der Waals surface area contributed by atoms with Gasteiger partial charge < -0.3 is 20.1 Å². The van der Waals surface area contributed by atoms with Crippen molar-refractivity contribution >= 4 is 34.0 Å². The maximum atomic E-state index is 12.3. The lowest BCUT2D eigenvalue weighted by molar-refractivity contribution is -0.123. The van der Waals surface area contributed by atoms with Crippen molar-refractivity contribution in [3.05, 3.63) is 28.6 Å². The van der Waals surface area contributed by atoms with E-state index in [0.717, 1.165) is 11.3 Å². The van der Waals surface area contributed by atoms with Crippen LogP contribution in [0.2, 0.25) is 5.02 Å². The standard InChI is InChI=1S/C16H18ClN3O3S/c1-9-14(18-5-6-23-9)15(21)20-16-19-12(8-24-16)10-3-4-13(22-2)11(17)7-10/h3-4,7-9,14,18H,5-6H2,1-2H3,(H,19,20,21)/t9-,14+/m1/s1. The summed E-state index contributed by atoms with van der Waals surface area (Å²) in [6, 6.07) is 5.09. The number of methoxy groups -OCH3 is 1. The summed E-state index contributed by atoms with van der Waals surface area (Å²) >= 11 is 7.51. The minimum absolute atomic E-state index is 0.143. The van der Waals surface area contributed by atoms with Gasteiger partial charge in [0.05, 0.1) is 30.5 Å². The number of hydrogen-bond acceptors (Lipinski definition) is 6. The molecule has 1 amide bonds. The van der Waals surface area contributed by atoms with Crippen LogP contribution < -0.4 is 15.4 Å². The second-order valence-electron chi connectivity index (χ2n) is 5.38. The molecule has 24 heavy (non-hydrogen) atoms. The molecule has 128 valence electrons. The molecule has 1 aliphatic rings. The van der Waals surface area contributed by atoms with Crippen LogP contribution in [0.15, 0.2) is 23.6 Å². The van der Waals surface area contributed by atoms with Crippen molar-refractivity contribution in [3.8, 4) is 17.0 Å². The van der Waals surface area contributed by atoms with Gasteiger partial charge >= 0.3 is 0 Å². The number of halogens is 1. The zero-order valence-corrected chi connectivity index (χ0v) is 14.9. The molecule has 2 N–H and O–H groups in total. The second kappa shape index (κ2) is 7.48. The fraction of sp³-hybridized carbons (Fsp3) is 0.375. The van der Waals surface area contributed by atoms with Crippen LogP contribution in [-0.4, -0.2) is 43.3 Å². The number of anilines is 1. The molecule has 1 aromatic heterocycles. The predicted octanol–water partition coefficient (Wildman–Crippen LogP) is 2.79. The number of carbonyl (C=O) groups is 1. The van der Waals surface area contributed by atoms with Crippen LogP contribution in [-0.2, 0) is 9.53 Å². The molecular formula is C16H18ClN3O3S. The summed E-state index contributed by atoms with van der Waals surface area (Å²) in [4.78, 5) is 16.8. The molecule has 0 saturated carbocycles. The molecule has 0 radical (unpaired) electrons. The third-order valence-electron chi connectivity index (χ3n) is 3.78. The number of carbonyl (C=O) groups excluding carboxylic acids is 1. The van der Waals surface area contributed by atoms with Gasteiger partial charge in [-0.1, -0.05) is 11.6 Å². The largest absolute Gasteiger partial charge is 0.495 e. The summed E-state index contributed by atoms with van der Waals surface area (Å²) in [5.41, 5.74) is 1.62. The Hall–Kier alpha value is -1.67. The second-order valence-corrected chi connectivity index (χ2v) is 6.65. The average Bonchev–Trinajstić information content (AvgIpc) is 3.03. The summed E-state index contributed by atoms with van der Waals surface area (Å²) < 4.78 is 10.6. The van der Waals surface area contributed by atoms with Crippen LogP contribution in [0.3, 0.4) is 0 Å². The first-order valence-electron chi connectivity index (χ1n) is 7.54. The third kappa shape index (κ3) is 3.70. The van der Waals surface area contributed by atoms with Gasteiger partial charge in [-0.2, -0.15) is 0 Å². The van der Waals surface area contributed by atoms with Crippen molar-refractivity contribution in [1.82, 2.24) is 10.3 Å². The first-order chi connectivity index (χ1) is 11.6. The van der Waals surface area contributed by atoms with Gasteiger partial charge in [0.25, 0.3) is 0 Å². The number of thiazole rings is 1. The lowest BCUT2D eigenvalue weighted by Crippen LogP contribution is -2.53. The van der Waals surface area contributed by atoms with Gasteiger partial charge in [-0.25, -0.2) is 4.98 Å². The molecule has 0 unspecified atom stereocenters. The van der Waals surface area contributed by atoms with Gasteiger partial charge in [0.2, 0.25) is 5.91 Å². The van der Waals surface area contributed by atoms with Crippen molar-refractivity contribution in [2.24, 2.45) is 0 Å². The first kappa shape index (κ1) is 17.2. The van der Waals surface area contributed by atoms with Gasteiger partial charge in [-0.3, -0.25) is 4.79 Å². The van der Waals surface area contributed by atoms with E-state index in [2.05, 4.69) is 15.6 Å². The molecule has 0 bridgehead atoms. The Morgan fingerprint density at radius 3 is 3.08 bits per heavy atom. The van der Waals surface area contributed by atoms with Crippen LogP contribution >= 0.6 is 22.9 Å². The maximum absolute atomic E-state index is 12.3. The maximum Gasteiger partial charge on any atom is 0.245 e. The zero-order valence-electron chi connectivity index (χ0n) is 13.3. The summed E-state index contributed by atoms with van der Waals surface area (Å²) in [5, 5.41) is 8.93. The summed E-state index contributed by atoms with van der Waals surface area (Å²) in [6.07, 6.45) is -0.168. The van der Waals surface area contributed by atoms with Crippen LogP contribution in [0.4, 0.5) is 5.13 Å². The Balaban J connectivity index is 1.71. The van der Waals surface area contributed by atoms with Crippen molar-refractivity contribution in [2.75, 3.05) is 25.6 Å². The average molecular weight is 368 g/mol. The van der Waals surface area contributed by atoms with Crippen molar-refractivity contribution in [1.29, 1.82) is 0 Å². The van der Waals surface area contributed by atoms with E-state index >= 15 is 0 Å². The SMILES string of the molecule is COc1ccc(-c2csc(NC(=O)[C@H]3NCCO[C@@H]3C)n2)cc1Cl. The molecule has 2 atom stereocenters. The highest BCUT2D eigenvalue weighted by molar-refractivity contribution is 7.14. The van der Waals surface area contributed by atoms with Crippen molar-refractivity contribution < 1.29 is 14.3 Å². The fourth-order valence-corrected chi connectivity index (χ4v) is 3.48. The number of rotatable bonds is 4. The van der Waals surface area contributed by atoms with E-state index in [9.17, 15) is 4.79 Å². The summed E-state index contributed by atoms with van der Waals surface area (Å²) in [7, 11) is 1.57. The molecule has 2 aromatic rings. The van der Waals surface area contributed by atoms with Crippen LogP contribution in [0.25, 0.3) is 11.3 Å². The molecule has 1 fully saturated rings. The number of aromatic nitrogens is 1. The lowest BCUT2D eigenvalue weighted by Gasteiger charge is -2.28. The van der Waals surface area contributed by atoms with E-state index in [1.165, 1.54) is 11.3 Å². The quantitative estimate of drug-likeness (QED) is 0.869. The normalized spacial score (nSPS) is 20.6. The zero-order chi connectivity index (χ0) is 17.1. The number of benzene rings is 1. The van der Waals surface area contributed by atoms with E-state index in [1.807, 2.05) is 18.4 Å². The highest BCUT2D eigenvalue weighted by atomic mass is 35.5. The van der Waals surface area contributed by atoms with Crippen molar-refractivity contribution in [3.63, 3.8) is 0 Å². The summed E-state index contributed by atoms with van der Waals surface area (Å²) in [5.74, 6) is 0.470. The van der Waals surface area contributed by atoms with Gasteiger partial charge in [0, 0.05) is 17.5 Å². The molecule has 6 nitrogen and oxygen atoms in total. The molecule has 8 heteroatoms. The Kier molecular flexibility index (Phi) is 5.35. The highest BCUT2D eigenvalue weighted by Crippen LogP contribution is 2.31. The minimum Gasteiger partial charge on any atom is -0.495 e. The molecule has 0 spiro atoms. The monoisotopic (exact) mass is 367 g/mol. The lowest BCUT2D eigenvalue weighted by atomic mass is 10.1. The molecule has 1 saturated heterocycles. The molecule has 1 aromatic carbocycles. The fourth-order valence-electron chi connectivity index (χ4n) is 2.50. The highest BCUT2D eigenvalue weighted by Gasteiger charge is 2.28. The Bertz CT molecular complexity index is 737. The van der Waals surface area contributed by atoms with E-state index in [1.54, 1.807) is 19.2 Å². The number of nitrogens with zero attached hydrogens (tertiary/aromatic N) is 1. The third-order valence-corrected chi connectivity index (χ3v) is 4.83. The van der Waals surface area contributed by atoms with Crippen LogP contribution in [0.5, 0.6) is 5.75 Å². The molecule has 1 aliphatic heterocycles. The van der Waals surface area contributed by atoms with E-state index in [-0.39, 0.29) is 18.1 Å². The van der Waals surface area contributed by atoms with E-state index < -0.39 is 0 Å². The Morgan fingerprint density at radius 2 is 2.38 bits per heavy atom.